The van der Waals surface area contributed by atoms with E-state index in [0.717, 1.165) is 0 Å². The number of piperidine rings is 2. The van der Waals surface area contributed by atoms with E-state index in [9.17, 15) is 0 Å². The van der Waals surface area contributed by atoms with Gasteiger partial charge in [-0.3, -0.25) is 0 Å². The maximum absolute atomic E-state index is 2.70. The first-order valence-electron chi connectivity index (χ1n) is 13.0. The van der Waals surface area contributed by atoms with Crippen LogP contribution in [0.3, 0.4) is 0 Å². The molecule has 0 aliphatic carbocycles. The molecule has 0 aromatic heterocycles. The highest BCUT2D eigenvalue weighted by molar-refractivity contribution is 6.70. The van der Waals surface area contributed by atoms with E-state index in [2.05, 4.69) is 121 Å². The van der Waals surface area contributed by atoms with Crippen LogP contribution in [0.25, 0.3) is 0 Å². The Kier molecular flexibility index (Phi) is 6.17. The molecule has 3 heteroatoms. The lowest BCUT2D eigenvalue weighted by molar-refractivity contribution is 0.244. The monoisotopic (exact) mass is 443 g/mol. The molecule has 2 aromatic carbocycles. The van der Waals surface area contributed by atoms with Crippen molar-refractivity contribution in [2.45, 2.75) is 116 Å². The van der Waals surface area contributed by atoms with Crippen LogP contribution in [0.5, 0.6) is 0 Å². The Morgan fingerprint density at radius 1 is 0.515 bits per heavy atom. The molecule has 2 aromatic rings. The SMILES string of the molecule is CC1(C)CCCC(C)(C)N1c1ccccc1[B]c1ccccc1N1C(C)(C)CCCC1(C)C. The molecule has 0 atom stereocenters. The second kappa shape index (κ2) is 8.40. The van der Waals surface area contributed by atoms with Crippen LogP contribution in [0.4, 0.5) is 11.4 Å². The van der Waals surface area contributed by atoms with Gasteiger partial charge in [-0.15, -0.1) is 0 Å². The number of anilines is 2. The molecule has 2 fully saturated rings. The van der Waals surface area contributed by atoms with Gasteiger partial charge in [-0.05, 0) is 106 Å². The molecule has 0 unspecified atom stereocenters. The summed E-state index contributed by atoms with van der Waals surface area (Å²) in [6.45, 7) is 19.3. The van der Waals surface area contributed by atoms with Gasteiger partial charge < -0.3 is 9.80 Å². The van der Waals surface area contributed by atoms with Crippen LogP contribution in [-0.2, 0) is 0 Å². The molecule has 0 amide bonds. The number of hydrogen-bond donors (Lipinski definition) is 0. The van der Waals surface area contributed by atoms with Crippen molar-refractivity contribution >= 4 is 29.6 Å². The molecular weight excluding hydrogens is 399 g/mol. The third kappa shape index (κ3) is 4.57. The first-order chi connectivity index (χ1) is 15.4. The molecule has 1 radical (unpaired) electrons. The fourth-order valence-corrected chi connectivity index (χ4v) is 7.09. The first kappa shape index (κ1) is 24.2. The number of hydrogen-bond acceptors (Lipinski definition) is 2. The van der Waals surface area contributed by atoms with Crippen molar-refractivity contribution in [3.63, 3.8) is 0 Å². The Morgan fingerprint density at radius 3 is 1.15 bits per heavy atom. The molecule has 2 aliphatic rings. The van der Waals surface area contributed by atoms with Crippen molar-refractivity contribution in [2.75, 3.05) is 9.80 Å². The van der Waals surface area contributed by atoms with Crippen LogP contribution in [0.15, 0.2) is 48.5 Å². The molecule has 2 nitrogen and oxygen atoms in total. The fraction of sp³-hybridized carbons (Fsp3) is 0.600. The van der Waals surface area contributed by atoms with Crippen molar-refractivity contribution in [3.05, 3.63) is 48.5 Å². The number of rotatable bonds is 4. The highest BCUT2D eigenvalue weighted by Gasteiger charge is 2.43. The van der Waals surface area contributed by atoms with Crippen LogP contribution in [-0.4, -0.2) is 29.4 Å². The van der Waals surface area contributed by atoms with E-state index in [-0.39, 0.29) is 22.2 Å². The van der Waals surface area contributed by atoms with Gasteiger partial charge >= 0.3 is 0 Å². The summed E-state index contributed by atoms with van der Waals surface area (Å²) in [7, 11) is 2.44. The largest absolute Gasteiger partial charge is 0.362 e. The quantitative estimate of drug-likeness (QED) is 0.502. The predicted molar refractivity (Wildman–Crippen MR) is 147 cm³/mol. The average Bonchev–Trinajstić information content (AvgIpc) is 2.68. The standard InChI is InChI=1S/C30H44BN2/c1-27(2)19-13-20-28(3,4)32(27)25-17-11-9-15-23(25)31-24-16-10-12-18-26(24)33-29(5,6)21-14-22-30(33,7)8/h9-12,15-18H,13-14,19-22H2,1-8H3. The maximum Gasteiger partial charge on any atom is 0.196 e. The Balaban J connectivity index is 1.78. The molecule has 0 spiro atoms. The van der Waals surface area contributed by atoms with E-state index in [1.165, 1.54) is 60.8 Å². The van der Waals surface area contributed by atoms with E-state index in [0.29, 0.717) is 0 Å². The van der Waals surface area contributed by atoms with Gasteiger partial charge in [0.1, 0.15) is 0 Å². The highest BCUT2D eigenvalue weighted by Crippen LogP contribution is 2.42. The fourth-order valence-electron chi connectivity index (χ4n) is 7.09. The van der Waals surface area contributed by atoms with Crippen LogP contribution in [0.2, 0.25) is 0 Å². The van der Waals surface area contributed by atoms with Gasteiger partial charge in [0.2, 0.25) is 0 Å². The predicted octanol–water partition coefficient (Wildman–Crippen LogP) is 6.44. The minimum absolute atomic E-state index is 0.141. The topological polar surface area (TPSA) is 6.48 Å². The lowest BCUT2D eigenvalue weighted by atomic mass is 9.61. The van der Waals surface area contributed by atoms with Crippen molar-refractivity contribution in [3.8, 4) is 0 Å². The Bertz CT molecular complexity index is 877. The third-order valence-electron chi connectivity index (χ3n) is 8.24. The van der Waals surface area contributed by atoms with Crippen molar-refractivity contribution in [2.24, 2.45) is 0 Å². The zero-order valence-electron chi connectivity index (χ0n) is 22.3. The molecule has 2 heterocycles. The highest BCUT2D eigenvalue weighted by atomic mass is 15.3. The minimum Gasteiger partial charge on any atom is -0.362 e. The Labute approximate surface area is 204 Å². The normalized spacial score (nSPS) is 23.3. The van der Waals surface area contributed by atoms with Gasteiger partial charge in [-0.1, -0.05) is 47.3 Å². The first-order valence-corrected chi connectivity index (χ1v) is 13.0. The van der Waals surface area contributed by atoms with Crippen LogP contribution >= 0.6 is 0 Å². The summed E-state index contributed by atoms with van der Waals surface area (Å²) >= 11 is 0. The van der Waals surface area contributed by atoms with Crippen LogP contribution in [0.1, 0.15) is 93.9 Å². The van der Waals surface area contributed by atoms with Gasteiger partial charge in [-0.25, -0.2) is 0 Å². The molecule has 33 heavy (non-hydrogen) atoms. The lowest BCUT2D eigenvalue weighted by Gasteiger charge is -2.55. The second-order valence-corrected chi connectivity index (χ2v) is 12.9. The lowest BCUT2D eigenvalue weighted by Crippen LogP contribution is -2.61. The van der Waals surface area contributed by atoms with Crippen molar-refractivity contribution in [1.82, 2.24) is 0 Å². The molecule has 4 rings (SSSR count). The van der Waals surface area contributed by atoms with Gasteiger partial charge in [0.05, 0.1) is 0 Å². The Morgan fingerprint density at radius 2 is 0.818 bits per heavy atom. The second-order valence-electron chi connectivity index (χ2n) is 12.9. The van der Waals surface area contributed by atoms with Crippen molar-refractivity contribution < 1.29 is 0 Å². The van der Waals surface area contributed by atoms with Crippen LogP contribution in [0, 0.1) is 0 Å². The molecule has 0 bridgehead atoms. The van der Waals surface area contributed by atoms with E-state index in [4.69, 9.17) is 0 Å². The number of nitrogens with zero attached hydrogens (tertiary/aromatic N) is 2. The maximum atomic E-state index is 2.70. The summed E-state index contributed by atoms with van der Waals surface area (Å²) in [4.78, 5) is 5.40. The van der Waals surface area contributed by atoms with E-state index in [1.54, 1.807) is 0 Å². The molecular formula is C30H44BN2. The van der Waals surface area contributed by atoms with Gasteiger partial charge in [-0.2, -0.15) is 0 Å². The molecule has 2 saturated heterocycles. The van der Waals surface area contributed by atoms with Crippen molar-refractivity contribution in [1.29, 1.82) is 0 Å². The molecule has 177 valence electrons. The zero-order valence-corrected chi connectivity index (χ0v) is 22.3. The zero-order chi connectivity index (χ0) is 24.1. The summed E-state index contributed by atoms with van der Waals surface area (Å²) in [6.07, 6.45) is 7.53. The van der Waals surface area contributed by atoms with Gasteiger partial charge in [0.25, 0.3) is 0 Å². The average molecular weight is 444 g/mol. The smallest absolute Gasteiger partial charge is 0.196 e. The molecule has 0 N–H and O–H groups in total. The van der Waals surface area contributed by atoms with Crippen LogP contribution < -0.4 is 20.7 Å². The summed E-state index contributed by atoms with van der Waals surface area (Å²) in [6, 6.07) is 18.1. The summed E-state index contributed by atoms with van der Waals surface area (Å²) in [5, 5.41) is 0. The third-order valence-corrected chi connectivity index (χ3v) is 8.24. The Hall–Kier alpha value is -1.90. The summed E-state index contributed by atoms with van der Waals surface area (Å²) < 4.78 is 0. The number of para-hydroxylation sites is 2. The van der Waals surface area contributed by atoms with E-state index >= 15 is 0 Å². The minimum atomic E-state index is 0.141. The number of benzene rings is 2. The van der Waals surface area contributed by atoms with E-state index in [1.807, 2.05) is 0 Å². The summed E-state index contributed by atoms with van der Waals surface area (Å²) in [5.74, 6) is 0. The van der Waals surface area contributed by atoms with Gasteiger partial charge in [0.15, 0.2) is 7.28 Å². The molecule has 0 saturated carbocycles. The summed E-state index contributed by atoms with van der Waals surface area (Å²) in [5.41, 5.74) is 5.92. The van der Waals surface area contributed by atoms with E-state index < -0.39 is 0 Å². The van der Waals surface area contributed by atoms with Gasteiger partial charge in [0, 0.05) is 33.5 Å². The molecule has 2 aliphatic heterocycles.